The predicted molar refractivity (Wildman–Crippen MR) is 53.0 cm³/mol. The highest BCUT2D eigenvalue weighted by atomic mass is 19.1. The molecule has 0 bridgehead atoms. The van der Waals surface area contributed by atoms with Crippen LogP contribution >= 0.6 is 0 Å². The summed E-state index contributed by atoms with van der Waals surface area (Å²) >= 11 is 0. The molecule has 0 fully saturated rings. The van der Waals surface area contributed by atoms with Gasteiger partial charge in [0.2, 0.25) is 0 Å². The third-order valence-electron chi connectivity index (χ3n) is 3.19. The summed E-state index contributed by atoms with van der Waals surface area (Å²) in [6.07, 6.45) is 0. The molecule has 14 heavy (non-hydrogen) atoms. The van der Waals surface area contributed by atoms with Crippen LogP contribution < -0.4 is 0 Å². The van der Waals surface area contributed by atoms with Gasteiger partial charge in [-0.25, -0.2) is 8.78 Å². The maximum absolute atomic E-state index is 13.5. The van der Waals surface area contributed by atoms with E-state index in [0.29, 0.717) is 11.1 Å². The van der Waals surface area contributed by atoms with Crippen LogP contribution in [0.1, 0.15) is 37.8 Å². The highest BCUT2D eigenvalue weighted by Crippen LogP contribution is 2.43. The number of rotatable bonds is 0. The van der Waals surface area contributed by atoms with Crippen molar-refractivity contribution in [1.29, 1.82) is 0 Å². The van der Waals surface area contributed by atoms with Crippen molar-refractivity contribution in [3.05, 3.63) is 40.5 Å². The van der Waals surface area contributed by atoms with Gasteiger partial charge in [0.15, 0.2) is 0 Å². The molecule has 0 radical (unpaired) electrons. The Morgan fingerprint density at radius 3 is 2.21 bits per heavy atom. The lowest BCUT2D eigenvalue weighted by Crippen LogP contribution is -1.97. The minimum atomic E-state index is -0.317. The standard InChI is InChI=1S/C12H12F2/c1-6-7(2)11-9(13)4-5-10(14)12(11)8(6)3/h4-5,7H,1-3H3. The Kier molecular flexibility index (Phi) is 1.95. The maximum atomic E-state index is 13.5. The SMILES string of the molecule is CC1=C(C)C(C)c2c(F)ccc(F)c21. The number of benzene rings is 1. The number of fused-ring (bicyclic) bond motifs is 1. The zero-order valence-corrected chi connectivity index (χ0v) is 8.49. The second-order valence-corrected chi connectivity index (χ2v) is 3.85. The molecule has 0 N–H and O–H groups in total. The lowest BCUT2D eigenvalue weighted by molar-refractivity contribution is 0.580. The van der Waals surface area contributed by atoms with Gasteiger partial charge in [0, 0.05) is 17.0 Å². The van der Waals surface area contributed by atoms with Gasteiger partial charge < -0.3 is 0 Å². The summed E-state index contributed by atoms with van der Waals surface area (Å²) in [7, 11) is 0. The lowest BCUT2D eigenvalue weighted by atomic mass is 9.98. The molecule has 1 aromatic carbocycles. The van der Waals surface area contributed by atoms with Crippen molar-refractivity contribution in [2.45, 2.75) is 26.7 Å². The Labute approximate surface area is 82.3 Å². The zero-order valence-electron chi connectivity index (χ0n) is 8.49. The largest absolute Gasteiger partial charge is 0.207 e. The highest BCUT2D eigenvalue weighted by molar-refractivity contribution is 5.77. The molecule has 0 saturated carbocycles. The van der Waals surface area contributed by atoms with Crippen LogP contribution in [0, 0.1) is 11.6 Å². The minimum absolute atomic E-state index is 0.000648. The normalized spacial score (nSPS) is 20.2. The molecule has 1 aromatic rings. The Hall–Kier alpha value is -1.18. The molecule has 0 spiro atoms. The number of halogens is 2. The Morgan fingerprint density at radius 1 is 1.07 bits per heavy atom. The quantitative estimate of drug-likeness (QED) is 0.588. The Balaban J connectivity index is 2.78. The first-order chi connectivity index (χ1) is 6.54. The fraction of sp³-hybridized carbons (Fsp3) is 0.333. The van der Waals surface area contributed by atoms with Gasteiger partial charge in [-0.15, -0.1) is 0 Å². The van der Waals surface area contributed by atoms with Gasteiger partial charge in [0.05, 0.1) is 0 Å². The van der Waals surface area contributed by atoms with Gasteiger partial charge in [-0.1, -0.05) is 12.5 Å². The smallest absolute Gasteiger partial charge is 0.131 e. The molecule has 0 aliphatic heterocycles. The summed E-state index contributed by atoms with van der Waals surface area (Å²) in [6.45, 7) is 5.69. The van der Waals surface area contributed by atoms with Crippen LogP contribution in [0.15, 0.2) is 17.7 Å². The average molecular weight is 194 g/mol. The summed E-state index contributed by atoms with van der Waals surface area (Å²) < 4.78 is 26.9. The first-order valence-electron chi connectivity index (χ1n) is 4.69. The summed E-state index contributed by atoms with van der Waals surface area (Å²) in [5.41, 5.74) is 2.92. The van der Waals surface area contributed by atoms with E-state index in [-0.39, 0.29) is 17.6 Å². The van der Waals surface area contributed by atoms with Crippen molar-refractivity contribution < 1.29 is 8.78 Å². The van der Waals surface area contributed by atoms with Gasteiger partial charge in [-0.2, -0.15) is 0 Å². The fourth-order valence-corrected chi connectivity index (χ4v) is 2.11. The van der Waals surface area contributed by atoms with E-state index in [2.05, 4.69) is 0 Å². The van der Waals surface area contributed by atoms with Crippen molar-refractivity contribution >= 4 is 5.57 Å². The van der Waals surface area contributed by atoms with Crippen molar-refractivity contribution in [3.63, 3.8) is 0 Å². The van der Waals surface area contributed by atoms with Crippen molar-refractivity contribution in [2.24, 2.45) is 0 Å². The maximum Gasteiger partial charge on any atom is 0.131 e. The van der Waals surface area contributed by atoms with Crippen LogP contribution in [0.5, 0.6) is 0 Å². The third kappa shape index (κ3) is 1.03. The first-order valence-corrected chi connectivity index (χ1v) is 4.69. The molecule has 0 aromatic heterocycles. The van der Waals surface area contributed by atoms with E-state index in [1.54, 1.807) is 0 Å². The second kappa shape index (κ2) is 2.91. The second-order valence-electron chi connectivity index (χ2n) is 3.85. The van der Waals surface area contributed by atoms with Crippen molar-refractivity contribution in [2.75, 3.05) is 0 Å². The Bertz CT molecular complexity index is 430. The third-order valence-corrected chi connectivity index (χ3v) is 3.19. The molecule has 1 aliphatic carbocycles. The van der Waals surface area contributed by atoms with E-state index >= 15 is 0 Å². The minimum Gasteiger partial charge on any atom is -0.207 e. The predicted octanol–water partition coefficient (Wildman–Crippen LogP) is 3.88. The molecule has 1 aliphatic rings. The van der Waals surface area contributed by atoms with Crippen LogP contribution in [0.2, 0.25) is 0 Å². The molecular weight excluding hydrogens is 182 g/mol. The molecule has 74 valence electrons. The van der Waals surface area contributed by atoms with Crippen LogP contribution in [0.3, 0.4) is 0 Å². The Morgan fingerprint density at radius 2 is 1.64 bits per heavy atom. The van der Waals surface area contributed by atoms with E-state index in [1.807, 2.05) is 20.8 Å². The topological polar surface area (TPSA) is 0 Å². The fourth-order valence-electron chi connectivity index (χ4n) is 2.11. The first kappa shape index (κ1) is 9.38. The summed E-state index contributed by atoms with van der Waals surface area (Å²) in [5, 5.41) is 0. The molecule has 2 heteroatoms. The van der Waals surface area contributed by atoms with Crippen molar-refractivity contribution in [3.8, 4) is 0 Å². The molecular formula is C12H12F2. The summed E-state index contributed by atoms with van der Waals surface area (Å²) in [6, 6.07) is 2.40. The van der Waals surface area contributed by atoms with Crippen molar-refractivity contribution in [1.82, 2.24) is 0 Å². The lowest BCUT2D eigenvalue weighted by Gasteiger charge is -2.08. The number of hydrogen-bond acceptors (Lipinski definition) is 0. The monoisotopic (exact) mass is 194 g/mol. The van der Waals surface area contributed by atoms with E-state index in [0.717, 1.165) is 11.1 Å². The van der Waals surface area contributed by atoms with Gasteiger partial charge in [-0.05, 0) is 31.6 Å². The number of hydrogen-bond donors (Lipinski definition) is 0. The van der Waals surface area contributed by atoms with Gasteiger partial charge >= 0.3 is 0 Å². The molecule has 0 saturated heterocycles. The molecule has 0 nitrogen and oxygen atoms in total. The average Bonchev–Trinajstić information content (AvgIpc) is 2.38. The van der Waals surface area contributed by atoms with Gasteiger partial charge in [0.1, 0.15) is 11.6 Å². The number of allylic oxidation sites excluding steroid dienone is 2. The van der Waals surface area contributed by atoms with Crippen LogP contribution in [-0.4, -0.2) is 0 Å². The molecule has 0 heterocycles. The van der Waals surface area contributed by atoms with Gasteiger partial charge in [0.25, 0.3) is 0 Å². The summed E-state index contributed by atoms with van der Waals surface area (Å²) in [5.74, 6) is -0.617. The molecule has 1 unspecified atom stereocenters. The van der Waals surface area contributed by atoms with E-state index < -0.39 is 0 Å². The van der Waals surface area contributed by atoms with E-state index in [4.69, 9.17) is 0 Å². The summed E-state index contributed by atoms with van der Waals surface area (Å²) in [4.78, 5) is 0. The zero-order chi connectivity index (χ0) is 10.5. The van der Waals surface area contributed by atoms with Crippen LogP contribution in [0.4, 0.5) is 8.78 Å². The van der Waals surface area contributed by atoms with Gasteiger partial charge in [-0.3, -0.25) is 0 Å². The highest BCUT2D eigenvalue weighted by Gasteiger charge is 2.28. The van der Waals surface area contributed by atoms with E-state index in [9.17, 15) is 8.78 Å². The van der Waals surface area contributed by atoms with E-state index in [1.165, 1.54) is 12.1 Å². The molecule has 2 rings (SSSR count). The molecule has 1 atom stereocenters. The molecule has 0 amide bonds. The van der Waals surface area contributed by atoms with Crippen LogP contribution in [0.25, 0.3) is 5.57 Å². The van der Waals surface area contributed by atoms with Crippen LogP contribution in [-0.2, 0) is 0 Å².